The molecule has 0 aliphatic carbocycles. The predicted molar refractivity (Wildman–Crippen MR) is 65.3 cm³/mol. The second-order valence-corrected chi connectivity index (χ2v) is 4.92. The van der Waals surface area contributed by atoms with Crippen LogP contribution in [0.15, 0.2) is 6.07 Å². The van der Waals surface area contributed by atoms with Crippen molar-refractivity contribution in [3.05, 3.63) is 21.3 Å². The van der Waals surface area contributed by atoms with E-state index in [1.54, 1.807) is 6.07 Å². The van der Waals surface area contributed by atoms with Crippen molar-refractivity contribution in [3.63, 3.8) is 0 Å². The van der Waals surface area contributed by atoms with Crippen LogP contribution in [0, 0.1) is 0 Å². The van der Waals surface area contributed by atoms with Gasteiger partial charge in [-0.25, -0.2) is 4.98 Å². The van der Waals surface area contributed by atoms with E-state index in [0.717, 1.165) is 18.8 Å². The summed E-state index contributed by atoms with van der Waals surface area (Å²) in [6.07, 6.45) is 2.33. The van der Waals surface area contributed by atoms with Crippen molar-refractivity contribution in [2.75, 3.05) is 11.4 Å². The van der Waals surface area contributed by atoms with Gasteiger partial charge in [0.15, 0.2) is 0 Å². The number of pyridine rings is 1. The topological polar surface area (TPSA) is 16.1 Å². The first kappa shape index (κ1) is 11.3. The van der Waals surface area contributed by atoms with Gasteiger partial charge in [-0.05, 0) is 25.8 Å². The van der Waals surface area contributed by atoms with Gasteiger partial charge < -0.3 is 4.90 Å². The molecule has 0 N–H and O–H groups in total. The maximum atomic E-state index is 6.10. The van der Waals surface area contributed by atoms with Crippen LogP contribution in [0.1, 0.15) is 19.8 Å². The van der Waals surface area contributed by atoms with Crippen molar-refractivity contribution >= 4 is 40.6 Å². The lowest BCUT2D eigenvalue weighted by molar-refractivity contribution is 0.727. The summed E-state index contributed by atoms with van der Waals surface area (Å²) in [5, 5.41) is 1.28. The van der Waals surface area contributed by atoms with E-state index in [1.165, 1.54) is 6.42 Å². The second kappa shape index (κ2) is 4.36. The van der Waals surface area contributed by atoms with Crippen molar-refractivity contribution in [2.24, 2.45) is 0 Å². The number of halogens is 3. The molecule has 0 saturated carbocycles. The fraction of sp³-hybridized carbons (Fsp3) is 0.500. The molecule has 0 amide bonds. The summed E-state index contributed by atoms with van der Waals surface area (Å²) in [4.78, 5) is 6.40. The molecule has 1 aliphatic heterocycles. The molecule has 15 heavy (non-hydrogen) atoms. The molecule has 82 valence electrons. The monoisotopic (exact) mass is 264 g/mol. The van der Waals surface area contributed by atoms with Crippen LogP contribution >= 0.6 is 34.8 Å². The Labute approximate surface area is 104 Å². The molecular formula is C10H11Cl3N2. The Kier molecular flexibility index (Phi) is 3.29. The minimum absolute atomic E-state index is 0.315. The lowest BCUT2D eigenvalue weighted by atomic mass is 10.2. The number of hydrogen-bond donors (Lipinski definition) is 0. The largest absolute Gasteiger partial charge is 0.353 e. The maximum Gasteiger partial charge on any atom is 0.150 e. The number of rotatable bonds is 1. The zero-order valence-electron chi connectivity index (χ0n) is 8.30. The predicted octanol–water partition coefficient (Wildman–Crippen LogP) is 4.03. The van der Waals surface area contributed by atoms with Gasteiger partial charge in [0, 0.05) is 12.6 Å². The highest BCUT2D eigenvalue weighted by Crippen LogP contribution is 2.34. The van der Waals surface area contributed by atoms with Gasteiger partial charge in [-0.2, -0.15) is 0 Å². The summed E-state index contributed by atoms with van der Waals surface area (Å²) in [6.45, 7) is 3.14. The SMILES string of the molecule is CC1CCCN1c1nc(Cl)c(Cl)cc1Cl. The molecular weight excluding hydrogens is 254 g/mol. The Balaban J connectivity index is 2.39. The quantitative estimate of drug-likeness (QED) is 0.713. The molecule has 1 aromatic heterocycles. The second-order valence-electron chi connectivity index (χ2n) is 3.75. The highest BCUT2D eigenvalue weighted by atomic mass is 35.5. The van der Waals surface area contributed by atoms with E-state index in [1.807, 2.05) is 0 Å². The van der Waals surface area contributed by atoms with E-state index in [4.69, 9.17) is 34.8 Å². The van der Waals surface area contributed by atoms with Crippen molar-refractivity contribution in [1.29, 1.82) is 0 Å². The molecule has 2 heterocycles. The minimum atomic E-state index is 0.315. The first-order chi connectivity index (χ1) is 7.09. The van der Waals surface area contributed by atoms with Gasteiger partial charge in [0.05, 0.1) is 10.0 Å². The van der Waals surface area contributed by atoms with Crippen LogP contribution in [-0.2, 0) is 0 Å². The molecule has 1 fully saturated rings. The Morgan fingerprint density at radius 3 is 2.67 bits per heavy atom. The van der Waals surface area contributed by atoms with Gasteiger partial charge in [0.25, 0.3) is 0 Å². The maximum absolute atomic E-state index is 6.10. The van der Waals surface area contributed by atoms with Crippen LogP contribution in [0.3, 0.4) is 0 Å². The summed E-state index contributed by atoms with van der Waals surface area (Å²) in [5.41, 5.74) is 0. The number of aromatic nitrogens is 1. The van der Waals surface area contributed by atoms with Crippen molar-refractivity contribution in [3.8, 4) is 0 Å². The highest BCUT2D eigenvalue weighted by molar-refractivity contribution is 6.42. The Bertz CT molecular complexity index is 381. The number of nitrogens with zero attached hydrogens (tertiary/aromatic N) is 2. The number of hydrogen-bond acceptors (Lipinski definition) is 2. The lowest BCUT2D eigenvalue weighted by Crippen LogP contribution is -2.27. The molecule has 1 atom stereocenters. The molecule has 1 aliphatic rings. The molecule has 5 heteroatoms. The molecule has 1 aromatic rings. The van der Waals surface area contributed by atoms with E-state index in [0.29, 0.717) is 21.2 Å². The first-order valence-electron chi connectivity index (χ1n) is 4.88. The van der Waals surface area contributed by atoms with Crippen molar-refractivity contribution < 1.29 is 0 Å². The van der Waals surface area contributed by atoms with Crippen LogP contribution < -0.4 is 4.90 Å². The third-order valence-corrected chi connectivity index (χ3v) is 3.64. The van der Waals surface area contributed by atoms with Gasteiger partial charge >= 0.3 is 0 Å². The van der Waals surface area contributed by atoms with Gasteiger partial charge in [-0.15, -0.1) is 0 Å². The third-order valence-electron chi connectivity index (χ3n) is 2.69. The standard InChI is InChI=1S/C10H11Cl3N2/c1-6-3-2-4-15(6)10-8(12)5-7(11)9(13)14-10/h5-6H,2-4H2,1H3. The molecule has 0 bridgehead atoms. The van der Waals surface area contributed by atoms with Gasteiger partial charge in [-0.3, -0.25) is 0 Å². The van der Waals surface area contributed by atoms with E-state index in [-0.39, 0.29) is 0 Å². The van der Waals surface area contributed by atoms with Gasteiger partial charge in [0.2, 0.25) is 0 Å². The van der Waals surface area contributed by atoms with Crippen LogP contribution in [0.4, 0.5) is 5.82 Å². The summed E-state index contributed by atoms with van der Waals surface area (Å²) < 4.78 is 0. The normalized spacial score (nSPS) is 21.1. The van der Waals surface area contributed by atoms with Crippen LogP contribution in [0.25, 0.3) is 0 Å². The first-order valence-corrected chi connectivity index (χ1v) is 6.01. The van der Waals surface area contributed by atoms with E-state index in [2.05, 4.69) is 16.8 Å². The summed E-state index contributed by atoms with van der Waals surface area (Å²) >= 11 is 17.8. The Morgan fingerprint density at radius 1 is 1.33 bits per heavy atom. The summed E-state index contributed by atoms with van der Waals surface area (Å²) in [5.74, 6) is 0.746. The van der Waals surface area contributed by atoms with Crippen LogP contribution in [0.5, 0.6) is 0 Å². The summed E-state index contributed by atoms with van der Waals surface area (Å²) in [6, 6.07) is 2.12. The molecule has 1 saturated heterocycles. The Hall–Kier alpha value is -0.180. The molecule has 0 radical (unpaired) electrons. The zero-order chi connectivity index (χ0) is 11.0. The van der Waals surface area contributed by atoms with E-state index >= 15 is 0 Å². The third kappa shape index (κ3) is 2.17. The molecule has 2 rings (SSSR count). The van der Waals surface area contributed by atoms with Crippen molar-refractivity contribution in [2.45, 2.75) is 25.8 Å². The fourth-order valence-electron chi connectivity index (χ4n) is 1.88. The number of anilines is 1. The molecule has 2 nitrogen and oxygen atoms in total. The van der Waals surface area contributed by atoms with Crippen molar-refractivity contribution in [1.82, 2.24) is 4.98 Å². The highest BCUT2D eigenvalue weighted by Gasteiger charge is 2.24. The smallest absolute Gasteiger partial charge is 0.150 e. The molecule has 0 spiro atoms. The molecule has 0 aromatic carbocycles. The fourth-order valence-corrected chi connectivity index (χ4v) is 2.49. The van der Waals surface area contributed by atoms with Crippen LogP contribution in [-0.4, -0.2) is 17.6 Å². The van der Waals surface area contributed by atoms with Crippen LogP contribution in [0.2, 0.25) is 15.2 Å². The van der Waals surface area contributed by atoms with E-state index < -0.39 is 0 Å². The summed E-state index contributed by atoms with van der Waals surface area (Å²) in [7, 11) is 0. The minimum Gasteiger partial charge on any atom is -0.353 e. The average molecular weight is 266 g/mol. The Morgan fingerprint density at radius 2 is 2.07 bits per heavy atom. The van der Waals surface area contributed by atoms with Gasteiger partial charge in [0.1, 0.15) is 11.0 Å². The van der Waals surface area contributed by atoms with E-state index in [9.17, 15) is 0 Å². The zero-order valence-corrected chi connectivity index (χ0v) is 10.6. The molecule has 1 unspecified atom stereocenters. The average Bonchev–Trinajstić information content (AvgIpc) is 2.58. The van der Waals surface area contributed by atoms with Gasteiger partial charge in [-0.1, -0.05) is 34.8 Å². The lowest BCUT2D eigenvalue weighted by Gasteiger charge is -2.23.